The van der Waals surface area contributed by atoms with Gasteiger partial charge >= 0.3 is 0 Å². The zero-order valence-electron chi connectivity index (χ0n) is 16.2. The van der Waals surface area contributed by atoms with Gasteiger partial charge in [0.1, 0.15) is 0 Å². The number of benzene rings is 1. The summed E-state index contributed by atoms with van der Waals surface area (Å²) in [5.74, 6) is 1.96. The number of hydrogen-bond acceptors (Lipinski definition) is 8. The monoisotopic (exact) mass is 395 g/mol. The zero-order chi connectivity index (χ0) is 19.6. The highest BCUT2D eigenvalue weighted by Crippen LogP contribution is 2.40. The van der Waals surface area contributed by atoms with Gasteiger partial charge in [-0.05, 0) is 38.2 Å². The minimum atomic E-state index is 0.171. The summed E-state index contributed by atoms with van der Waals surface area (Å²) in [5.41, 5.74) is 0.693. The molecule has 0 radical (unpaired) electrons. The van der Waals surface area contributed by atoms with E-state index in [1.807, 2.05) is 0 Å². The summed E-state index contributed by atoms with van der Waals surface area (Å²) >= 11 is 5.36. The summed E-state index contributed by atoms with van der Waals surface area (Å²) in [5, 5.41) is 4.54. The van der Waals surface area contributed by atoms with E-state index in [-0.39, 0.29) is 12.2 Å². The van der Waals surface area contributed by atoms with E-state index < -0.39 is 0 Å². The van der Waals surface area contributed by atoms with Crippen LogP contribution in [0.1, 0.15) is 13.8 Å². The van der Waals surface area contributed by atoms with Crippen molar-refractivity contribution in [2.24, 2.45) is 0 Å². The number of rotatable bonds is 6. The second-order valence-corrected chi connectivity index (χ2v) is 6.87. The maximum atomic E-state index is 5.77. The average molecular weight is 395 g/mol. The molecule has 2 atom stereocenters. The average Bonchev–Trinajstić information content (AvgIpc) is 3.00. The summed E-state index contributed by atoms with van der Waals surface area (Å²) in [6.45, 7) is 6.31. The van der Waals surface area contributed by atoms with Crippen LogP contribution in [0.15, 0.2) is 16.5 Å². The summed E-state index contributed by atoms with van der Waals surface area (Å²) in [6.07, 6.45) is 0.341. The molecule has 1 aliphatic rings. The molecule has 0 amide bonds. The van der Waals surface area contributed by atoms with Gasteiger partial charge in [0.05, 0.1) is 40.2 Å². The molecule has 1 aromatic heterocycles. The number of hydrogen-bond donors (Lipinski definition) is 0. The minimum absolute atomic E-state index is 0.171. The molecule has 0 bridgehead atoms. The van der Waals surface area contributed by atoms with Gasteiger partial charge in [-0.3, -0.25) is 4.90 Å². The molecule has 0 unspecified atom stereocenters. The van der Waals surface area contributed by atoms with E-state index in [2.05, 4.69) is 23.8 Å². The van der Waals surface area contributed by atoms with Gasteiger partial charge in [0, 0.05) is 18.7 Å². The lowest BCUT2D eigenvalue weighted by molar-refractivity contribution is -0.0778. The van der Waals surface area contributed by atoms with E-state index in [0.29, 0.717) is 40.2 Å². The highest BCUT2D eigenvalue weighted by Gasteiger charge is 2.23. The van der Waals surface area contributed by atoms with Gasteiger partial charge < -0.3 is 23.4 Å². The molecule has 2 heterocycles. The fraction of sp³-hybridized carbons (Fsp3) is 0.556. The highest BCUT2D eigenvalue weighted by atomic mass is 32.1. The van der Waals surface area contributed by atoms with E-state index in [1.54, 1.807) is 38.1 Å². The van der Waals surface area contributed by atoms with Crippen molar-refractivity contribution in [3.63, 3.8) is 0 Å². The fourth-order valence-corrected chi connectivity index (χ4v) is 3.48. The number of aromatic nitrogens is 2. The van der Waals surface area contributed by atoms with Gasteiger partial charge in [-0.1, -0.05) is 0 Å². The van der Waals surface area contributed by atoms with Crippen LogP contribution >= 0.6 is 12.2 Å². The lowest BCUT2D eigenvalue weighted by Crippen LogP contribution is -2.46. The molecule has 1 aromatic carbocycles. The number of nitrogens with zero attached hydrogens (tertiary/aromatic N) is 3. The molecule has 0 saturated carbocycles. The molecule has 27 heavy (non-hydrogen) atoms. The normalized spacial score (nSPS) is 20.5. The largest absolute Gasteiger partial charge is 0.493 e. The predicted octanol–water partition coefficient (Wildman–Crippen LogP) is 2.97. The van der Waals surface area contributed by atoms with Crippen molar-refractivity contribution >= 4 is 12.2 Å². The third kappa shape index (κ3) is 4.26. The van der Waals surface area contributed by atoms with Gasteiger partial charge in [0.2, 0.25) is 11.6 Å². The van der Waals surface area contributed by atoms with Crippen molar-refractivity contribution in [3.8, 4) is 28.7 Å². The Kier molecular flexibility index (Phi) is 6.03. The van der Waals surface area contributed by atoms with Crippen LogP contribution in [0, 0.1) is 4.84 Å². The summed E-state index contributed by atoms with van der Waals surface area (Å²) in [4.78, 5) is 2.56. The molecule has 3 rings (SSSR count). The van der Waals surface area contributed by atoms with E-state index in [4.69, 9.17) is 35.6 Å². The van der Waals surface area contributed by atoms with Crippen molar-refractivity contribution in [2.75, 3.05) is 34.4 Å². The van der Waals surface area contributed by atoms with Crippen LogP contribution in [-0.4, -0.2) is 61.3 Å². The van der Waals surface area contributed by atoms with Crippen LogP contribution in [0.25, 0.3) is 11.5 Å². The molecule has 2 aromatic rings. The molecule has 0 spiro atoms. The lowest BCUT2D eigenvalue weighted by atomic mass is 10.2. The second kappa shape index (κ2) is 8.28. The van der Waals surface area contributed by atoms with Crippen LogP contribution in [0.2, 0.25) is 0 Å². The van der Waals surface area contributed by atoms with Crippen LogP contribution in [0.3, 0.4) is 0 Å². The Balaban J connectivity index is 1.89. The van der Waals surface area contributed by atoms with Gasteiger partial charge in [-0.25, -0.2) is 4.68 Å². The molecule has 0 aliphatic carbocycles. The zero-order valence-corrected chi connectivity index (χ0v) is 17.0. The Morgan fingerprint density at radius 3 is 2.19 bits per heavy atom. The van der Waals surface area contributed by atoms with Gasteiger partial charge in [-0.2, -0.15) is 0 Å². The Bertz CT molecular complexity index is 815. The van der Waals surface area contributed by atoms with Crippen molar-refractivity contribution in [1.29, 1.82) is 0 Å². The van der Waals surface area contributed by atoms with Gasteiger partial charge in [-0.15, -0.1) is 5.10 Å². The lowest BCUT2D eigenvalue weighted by Gasteiger charge is -2.34. The number of ether oxygens (including phenoxy) is 4. The first-order chi connectivity index (χ1) is 12.9. The molecular formula is C18H25N3O5S. The van der Waals surface area contributed by atoms with Crippen molar-refractivity contribution in [3.05, 3.63) is 17.0 Å². The van der Waals surface area contributed by atoms with E-state index in [1.165, 1.54) is 0 Å². The van der Waals surface area contributed by atoms with Crippen molar-refractivity contribution < 1.29 is 23.4 Å². The molecule has 1 saturated heterocycles. The van der Waals surface area contributed by atoms with Crippen molar-refractivity contribution in [1.82, 2.24) is 14.7 Å². The standard InChI is InChI=1S/C18H25N3O5S/c1-11-8-20(9-12(2)25-11)10-21-18(27)26-17(19-21)13-6-14(22-3)16(24-5)15(7-13)23-4/h6-7,11-12H,8-10H2,1-5H3/t11-,12-/m1/s1. The Labute approximate surface area is 163 Å². The van der Waals surface area contributed by atoms with E-state index >= 15 is 0 Å². The predicted molar refractivity (Wildman–Crippen MR) is 102 cm³/mol. The third-order valence-electron chi connectivity index (χ3n) is 4.35. The fourth-order valence-electron chi connectivity index (χ4n) is 3.31. The van der Waals surface area contributed by atoms with Gasteiger partial charge in [0.15, 0.2) is 11.5 Å². The molecule has 8 nitrogen and oxygen atoms in total. The van der Waals surface area contributed by atoms with Crippen LogP contribution < -0.4 is 14.2 Å². The minimum Gasteiger partial charge on any atom is -0.493 e. The van der Waals surface area contributed by atoms with Gasteiger partial charge in [0.25, 0.3) is 4.84 Å². The first-order valence-corrected chi connectivity index (χ1v) is 9.12. The molecule has 148 valence electrons. The molecular weight excluding hydrogens is 370 g/mol. The SMILES string of the molecule is COc1cc(-c2nn(CN3C[C@@H](C)O[C@H](C)C3)c(=S)o2)cc(OC)c1OC. The molecule has 1 aliphatic heterocycles. The smallest absolute Gasteiger partial charge is 0.288 e. The maximum absolute atomic E-state index is 5.77. The quantitative estimate of drug-likeness (QED) is 0.692. The maximum Gasteiger partial charge on any atom is 0.288 e. The summed E-state index contributed by atoms with van der Waals surface area (Å²) in [6, 6.07) is 3.57. The summed E-state index contributed by atoms with van der Waals surface area (Å²) in [7, 11) is 4.69. The first-order valence-electron chi connectivity index (χ1n) is 8.71. The molecule has 1 fully saturated rings. The topological polar surface area (TPSA) is 71.1 Å². The highest BCUT2D eigenvalue weighted by molar-refractivity contribution is 7.71. The third-order valence-corrected chi connectivity index (χ3v) is 4.64. The molecule has 9 heteroatoms. The van der Waals surface area contributed by atoms with E-state index in [9.17, 15) is 0 Å². The first kappa shape index (κ1) is 19.7. The van der Waals surface area contributed by atoms with Crippen LogP contribution in [0.4, 0.5) is 0 Å². The van der Waals surface area contributed by atoms with Crippen molar-refractivity contribution in [2.45, 2.75) is 32.7 Å². The number of methoxy groups -OCH3 is 3. The Morgan fingerprint density at radius 1 is 1.07 bits per heavy atom. The van der Waals surface area contributed by atoms with Crippen LogP contribution in [-0.2, 0) is 11.4 Å². The van der Waals surface area contributed by atoms with Crippen LogP contribution in [0.5, 0.6) is 17.2 Å². The van der Waals surface area contributed by atoms with E-state index in [0.717, 1.165) is 13.1 Å². The second-order valence-electron chi connectivity index (χ2n) is 6.52. The number of morpholine rings is 1. The Hall–Kier alpha value is -2.10. The Morgan fingerprint density at radius 2 is 1.67 bits per heavy atom. The molecule has 0 N–H and O–H groups in total. The summed E-state index contributed by atoms with van der Waals surface area (Å²) < 4.78 is 29.3.